The largest absolute Gasteiger partial charge is 0.474 e. The molecule has 1 heterocycles. The highest BCUT2D eigenvalue weighted by atomic mass is 31.2. The van der Waals surface area contributed by atoms with Crippen LogP contribution in [-0.2, 0) is 18.3 Å². The van der Waals surface area contributed by atoms with Gasteiger partial charge in [-0.1, -0.05) is 31.9 Å². The van der Waals surface area contributed by atoms with E-state index in [1.807, 2.05) is 6.92 Å². The molecule has 26 heavy (non-hydrogen) atoms. The van der Waals surface area contributed by atoms with E-state index in [9.17, 15) is 24.8 Å². The molecular formula is C16H31O9P. The number of hydrogen-bond acceptors (Lipinski definition) is 8. The van der Waals surface area contributed by atoms with E-state index in [4.69, 9.17) is 18.9 Å². The van der Waals surface area contributed by atoms with E-state index in [0.29, 0.717) is 5.92 Å². The fourth-order valence-corrected chi connectivity index (χ4v) is 3.24. The third kappa shape index (κ3) is 7.72. The molecule has 1 saturated heterocycles. The molecule has 5 N–H and O–H groups in total. The van der Waals surface area contributed by atoms with Crippen LogP contribution in [0.3, 0.4) is 0 Å². The summed E-state index contributed by atoms with van der Waals surface area (Å²) >= 11 is 0. The molecule has 1 rings (SSSR count). The molecule has 10 heteroatoms. The smallest absolute Gasteiger partial charge is 0.394 e. The molecule has 0 aromatic heterocycles. The number of phosphoric ester groups is 1. The second kappa shape index (κ2) is 10.8. The van der Waals surface area contributed by atoms with Crippen LogP contribution in [0.5, 0.6) is 0 Å². The zero-order chi connectivity index (χ0) is 19.9. The molecule has 0 spiro atoms. The Kier molecular flexibility index (Phi) is 9.88. The van der Waals surface area contributed by atoms with Gasteiger partial charge in [-0.2, -0.15) is 0 Å². The SMILES string of the molecule is C/C(=C/COP(=O)(O)O[C@@H]1O[C@@H](CO)[C@@H](O)[C@@H](O)[C@@H]1O)CCCC(C)C. The predicted molar refractivity (Wildman–Crippen MR) is 93.1 cm³/mol. The van der Waals surface area contributed by atoms with Gasteiger partial charge in [0.2, 0.25) is 0 Å². The Bertz CT molecular complexity index is 494. The van der Waals surface area contributed by atoms with E-state index in [1.165, 1.54) is 0 Å². The Balaban J connectivity index is 2.51. The van der Waals surface area contributed by atoms with Gasteiger partial charge in [0.05, 0.1) is 13.2 Å². The van der Waals surface area contributed by atoms with Crippen molar-refractivity contribution in [3.8, 4) is 0 Å². The first-order chi connectivity index (χ1) is 12.1. The standard InChI is InChI=1S/C16H31O9P/c1-10(2)5-4-6-11(3)7-8-23-26(21,22)25-16-15(20)14(19)13(18)12(9-17)24-16/h7,10,12-20H,4-6,8-9H2,1-3H3,(H,21,22)/b11-7-/t12-,13+,14+,15-,16-/m0/s1. The van der Waals surface area contributed by atoms with Crippen molar-refractivity contribution in [2.75, 3.05) is 13.2 Å². The van der Waals surface area contributed by atoms with Crippen molar-refractivity contribution in [2.24, 2.45) is 5.92 Å². The minimum atomic E-state index is -4.58. The van der Waals surface area contributed by atoms with Crippen LogP contribution in [0.15, 0.2) is 11.6 Å². The van der Waals surface area contributed by atoms with Crippen LogP contribution < -0.4 is 0 Å². The van der Waals surface area contributed by atoms with E-state index in [1.54, 1.807) is 6.08 Å². The molecule has 0 radical (unpaired) electrons. The van der Waals surface area contributed by atoms with Crippen LogP contribution in [0.1, 0.15) is 40.0 Å². The van der Waals surface area contributed by atoms with E-state index in [0.717, 1.165) is 24.8 Å². The first-order valence-electron chi connectivity index (χ1n) is 8.69. The van der Waals surface area contributed by atoms with Crippen molar-refractivity contribution in [3.63, 3.8) is 0 Å². The molecule has 1 aliphatic heterocycles. The summed E-state index contributed by atoms with van der Waals surface area (Å²) in [5, 5.41) is 38.2. The van der Waals surface area contributed by atoms with Gasteiger partial charge in [-0.15, -0.1) is 0 Å². The van der Waals surface area contributed by atoms with Gasteiger partial charge in [-0.25, -0.2) is 4.57 Å². The summed E-state index contributed by atoms with van der Waals surface area (Å²) in [5.74, 6) is 0.614. The summed E-state index contributed by atoms with van der Waals surface area (Å²) in [6, 6.07) is 0. The molecule has 0 aromatic rings. The van der Waals surface area contributed by atoms with Crippen molar-refractivity contribution in [2.45, 2.75) is 70.7 Å². The number of allylic oxidation sites excluding steroid dienone is 1. The molecule has 0 bridgehead atoms. The van der Waals surface area contributed by atoms with E-state index in [2.05, 4.69) is 13.8 Å². The maximum atomic E-state index is 12.0. The molecule has 6 atom stereocenters. The van der Waals surface area contributed by atoms with Gasteiger partial charge in [0.25, 0.3) is 0 Å². The van der Waals surface area contributed by atoms with Gasteiger partial charge < -0.3 is 30.1 Å². The monoisotopic (exact) mass is 398 g/mol. The lowest BCUT2D eigenvalue weighted by atomic mass is 10.00. The summed E-state index contributed by atoms with van der Waals surface area (Å²) in [5.41, 5.74) is 1.01. The number of hydrogen-bond donors (Lipinski definition) is 5. The van der Waals surface area contributed by atoms with Crippen LogP contribution in [0.25, 0.3) is 0 Å². The lowest BCUT2D eigenvalue weighted by Crippen LogP contribution is -2.58. The third-order valence-corrected chi connectivity index (χ3v) is 5.06. The molecule has 1 fully saturated rings. The number of aliphatic hydroxyl groups is 4. The fraction of sp³-hybridized carbons (Fsp3) is 0.875. The summed E-state index contributed by atoms with van der Waals surface area (Å²) in [7, 11) is -4.58. The van der Waals surface area contributed by atoms with Gasteiger partial charge in [0.1, 0.15) is 24.4 Å². The Morgan fingerprint density at radius 1 is 1.23 bits per heavy atom. The van der Waals surface area contributed by atoms with E-state index >= 15 is 0 Å². The lowest BCUT2D eigenvalue weighted by molar-refractivity contribution is -0.281. The molecule has 0 aliphatic carbocycles. The molecule has 0 aromatic carbocycles. The van der Waals surface area contributed by atoms with Crippen molar-refractivity contribution < 1.29 is 43.7 Å². The number of rotatable bonds is 10. The van der Waals surface area contributed by atoms with Gasteiger partial charge in [-0.3, -0.25) is 9.05 Å². The first kappa shape index (κ1) is 23.7. The third-order valence-electron chi connectivity index (χ3n) is 4.11. The van der Waals surface area contributed by atoms with Gasteiger partial charge >= 0.3 is 7.82 Å². The van der Waals surface area contributed by atoms with Gasteiger partial charge in [0, 0.05) is 0 Å². The highest BCUT2D eigenvalue weighted by Crippen LogP contribution is 2.46. The second-order valence-corrected chi connectivity index (χ2v) is 8.31. The fourth-order valence-electron chi connectivity index (χ4n) is 2.48. The summed E-state index contributed by atoms with van der Waals surface area (Å²) in [6.45, 7) is 5.34. The van der Waals surface area contributed by atoms with Crippen molar-refractivity contribution >= 4 is 7.82 Å². The molecule has 1 unspecified atom stereocenters. The van der Waals surface area contributed by atoms with E-state index in [-0.39, 0.29) is 6.61 Å². The first-order valence-corrected chi connectivity index (χ1v) is 10.2. The number of aliphatic hydroxyl groups excluding tert-OH is 4. The molecule has 1 aliphatic rings. The normalized spacial score (nSPS) is 32.7. The maximum Gasteiger partial charge on any atom is 0.474 e. The highest BCUT2D eigenvalue weighted by molar-refractivity contribution is 7.47. The topological polar surface area (TPSA) is 146 Å². The van der Waals surface area contributed by atoms with Gasteiger partial charge in [0.15, 0.2) is 6.29 Å². The summed E-state index contributed by atoms with van der Waals surface area (Å²) in [4.78, 5) is 9.74. The Morgan fingerprint density at radius 3 is 2.46 bits per heavy atom. The van der Waals surface area contributed by atoms with Crippen LogP contribution in [0.2, 0.25) is 0 Å². The quantitative estimate of drug-likeness (QED) is 0.265. The molecule has 154 valence electrons. The Hall–Kier alpha value is -0.350. The summed E-state index contributed by atoms with van der Waals surface area (Å²) < 4.78 is 26.6. The minimum absolute atomic E-state index is 0.168. The lowest BCUT2D eigenvalue weighted by Gasteiger charge is -2.39. The van der Waals surface area contributed by atoms with Crippen molar-refractivity contribution in [3.05, 3.63) is 11.6 Å². The van der Waals surface area contributed by atoms with Crippen LogP contribution in [0.4, 0.5) is 0 Å². The van der Waals surface area contributed by atoms with Crippen molar-refractivity contribution in [1.29, 1.82) is 0 Å². The number of ether oxygens (including phenoxy) is 1. The predicted octanol–water partition coefficient (Wildman–Crippen LogP) is 0.692. The molecule has 0 amide bonds. The zero-order valence-corrected chi connectivity index (χ0v) is 16.3. The van der Waals surface area contributed by atoms with Crippen LogP contribution >= 0.6 is 7.82 Å². The molecular weight excluding hydrogens is 367 g/mol. The Morgan fingerprint density at radius 2 is 1.88 bits per heavy atom. The average molecular weight is 398 g/mol. The molecule has 9 nitrogen and oxygen atoms in total. The number of phosphoric acid groups is 1. The van der Waals surface area contributed by atoms with Crippen LogP contribution in [-0.4, -0.2) is 69.2 Å². The second-order valence-electron chi connectivity index (χ2n) is 6.90. The molecule has 0 saturated carbocycles. The average Bonchev–Trinajstić information content (AvgIpc) is 2.54. The van der Waals surface area contributed by atoms with Gasteiger partial charge in [-0.05, 0) is 25.7 Å². The minimum Gasteiger partial charge on any atom is -0.394 e. The van der Waals surface area contributed by atoms with Crippen LogP contribution in [0, 0.1) is 5.92 Å². The Labute approximate surface area is 153 Å². The van der Waals surface area contributed by atoms with E-state index < -0.39 is 45.1 Å². The van der Waals surface area contributed by atoms with Crippen molar-refractivity contribution in [1.82, 2.24) is 0 Å². The summed E-state index contributed by atoms with van der Waals surface area (Å²) in [6.07, 6.45) is -3.39. The zero-order valence-electron chi connectivity index (χ0n) is 15.4. The maximum absolute atomic E-state index is 12.0. The highest BCUT2D eigenvalue weighted by Gasteiger charge is 2.46.